The lowest BCUT2D eigenvalue weighted by Crippen LogP contribution is -1.87. The minimum atomic E-state index is 1.20. The van der Waals surface area contributed by atoms with Gasteiger partial charge >= 0.3 is 0 Å². The fourth-order valence-corrected chi connectivity index (χ4v) is 3.65. The van der Waals surface area contributed by atoms with Crippen molar-refractivity contribution in [3.8, 4) is 0 Å². The number of halogens is 1. The van der Waals surface area contributed by atoms with Gasteiger partial charge in [0.2, 0.25) is 0 Å². The standard InChI is InChI=1S/C19H13Br/c1-12-14-11-10-13-6-2-3-7-15(13)18(14)16-8-4-5-9-17(16)19(12)20/h2-11H,1H3. The number of hydrogen-bond donors (Lipinski definition) is 0. The molecule has 4 rings (SSSR count). The third-order valence-electron chi connectivity index (χ3n) is 4.10. The van der Waals surface area contributed by atoms with E-state index in [1.54, 1.807) is 0 Å². The van der Waals surface area contributed by atoms with Gasteiger partial charge in [-0.3, -0.25) is 0 Å². The van der Waals surface area contributed by atoms with E-state index >= 15 is 0 Å². The maximum atomic E-state index is 3.77. The van der Waals surface area contributed by atoms with E-state index in [2.05, 4.69) is 83.5 Å². The molecule has 0 saturated carbocycles. The first-order chi connectivity index (χ1) is 9.77. The van der Waals surface area contributed by atoms with Gasteiger partial charge in [0.15, 0.2) is 0 Å². The molecule has 0 fully saturated rings. The van der Waals surface area contributed by atoms with E-state index in [0.29, 0.717) is 0 Å². The molecule has 0 spiro atoms. The monoisotopic (exact) mass is 320 g/mol. The van der Waals surface area contributed by atoms with Crippen molar-refractivity contribution in [1.29, 1.82) is 0 Å². The fourth-order valence-electron chi connectivity index (χ4n) is 3.09. The highest BCUT2D eigenvalue weighted by molar-refractivity contribution is 9.10. The second-order valence-electron chi connectivity index (χ2n) is 5.19. The molecule has 0 N–H and O–H groups in total. The molecule has 0 heterocycles. The first kappa shape index (κ1) is 11.9. The molecule has 1 heteroatoms. The SMILES string of the molecule is Cc1c(Br)c2ccccc2c2c1ccc1ccccc12. The van der Waals surface area contributed by atoms with Crippen LogP contribution in [0.5, 0.6) is 0 Å². The predicted molar refractivity (Wildman–Crippen MR) is 91.4 cm³/mol. The normalized spacial score (nSPS) is 11.5. The third-order valence-corrected chi connectivity index (χ3v) is 5.12. The number of aryl methyl sites for hydroxylation is 1. The summed E-state index contributed by atoms with van der Waals surface area (Å²) in [4.78, 5) is 0. The number of rotatable bonds is 0. The van der Waals surface area contributed by atoms with Crippen molar-refractivity contribution in [2.24, 2.45) is 0 Å². The molecule has 0 aliphatic rings. The highest BCUT2D eigenvalue weighted by Gasteiger charge is 2.11. The molecule has 0 aliphatic heterocycles. The smallest absolute Gasteiger partial charge is 0.0289 e. The van der Waals surface area contributed by atoms with Gasteiger partial charge in [-0.05, 0) is 60.7 Å². The van der Waals surface area contributed by atoms with Gasteiger partial charge in [0, 0.05) is 4.47 Å². The van der Waals surface area contributed by atoms with E-state index in [1.165, 1.54) is 42.4 Å². The molecular formula is C19H13Br. The van der Waals surface area contributed by atoms with Gasteiger partial charge in [-0.15, -0.1) is 0 Å². The number of fused-ring (bicyclic) bond motifs is 5. The fraction of sp³-hybridized carbons (Fsp3) is 0.0526. The molecular weight excluding hydrogens is 308 g/mol. The van der Waals surface area contributed by atoms with Crippen LogP contribution in [-0.4, -0.2) is 0 Å². The van der Waals surface area contributed by atoms with Crippen molar-refractivity contribution in [1.82, 2.24) is 0 Å². The average molecular weight is 321 g/mol. The van der Waals surface area contributed by atoms with Crippen LogP contribution < -0.4 is 0 Å². The van der Waals surface area contributed by atoms with Crippen molar-refractivity contribution in [3.05, 3.63) is 70.7 Å². The summed E-state index contributed by atoms with van der Waals surface area (Å²) in [6, 6.07) is 21.7. The van der Waals surface area contributed by atoms with E-state index < -0.39 is 0 Å². The van der Waals surface area contributed by atoms with E-state index in [1.807, 2.05) is 0 Å². The van der Waals surface area contributed by atoms with Crippen molar-refractivity contribution < 1.29 is 0 Å². The Balaban J connectivity index is 2.42. The molecule has 0 amide bonds. The van der Waals surface area contributed by atoms with Crippen molar-refractivity contribution in [3.63, 3.8) is 0 Å². The molecule has 0 aliphatic carbocycles. The first-order valence-corrected chi connectivity index (χ1v) is 7.55. The zero-order chi connectivity index (χ0) is 13.7. The Bertz CT molecular complexity index is 967. The zero-order valence-corrected chi connectivity index (χ0v) is 12.7. The van der Waals surface area contributed by atoms with E-state index in [-0.39, 0.29) is 0 Å². The van der Waals surface area contributed by atoms with Crippen LogP contribution in [0.4, 0.5) is 0 Å². The molecule has 0 nitrogen and oxygen atoms in total. The Hall–Kier alpha value is -1.86. The van der Waals surface area contributed by atoms with Gasteiger partial charge in [0.25, 0.3) is 0 Å². The lowest BCUT2D eigenvalue weighted by molar-refractivity contribution is 1.52. The lowest BCUT2D eigenvalue weighted by atomic mass is 9.93. The van der Waals surface area contributed by atoms with Crippen LogP contribution in [-0.2, 0) is 0 Å². The quantitative estimate of drug-likeness (QED) is 0.337. The van der Waals surface area contributed by atoms with Gasteiger partial charge in [0.05, 0.1) is 0 Å². The zero-order valence-electron chi connectivity index (χ0n) is 11.2. The Morgan fingerprint density at radius 1 is 0.650 bits per heavy atom. The van der Waals surface area contributed by atoms with Crippen LogP contribution in [0.15, 0.2) is 65.1 Å². The minimum Gasteiger partial charge on any atom is -0.0616 e. The van der Waals surface area contributed by atoms with Gasteiger partial charge in [0.1, 0.15) is 0 Å². The Kier molecular flexibility index (Phi) is 2.58. The Morgan fingerprint density at radius 2 is 1.30 bits per heavy atom. The molecule has 96 valence electrons. The second-order valence-corrected chi connectivity index (χ2v) is 5.99. The van der Waals surface area contributed by atoms with Crippen molar-refractivity contribution >= 4 is 48.2 Å². The van der Waals surface area contributed by atoms with Crippen LogP contribution in [0.2, 0.25) is 0 Å². The molecule has 4 aromatic rings. The maximum Gasteiger partial charge on any atom is 0.0289 e. The molecule has 4 aromatic carbocycles. The summed E-state index contributed by atoms with van der Waals surface area (Å²) in [7, 11) is 0. The topological polar surface area (TPSA) is 0 Å². The molecule has 0 saturated heterocycles. The van der Waals surface area contributed by atoms with E-state index in [4.69, 9.17) is 0 Å². The number of benzene rings is 4. The van der Waals surface area contributed by atoms with Crippen LogP contribution in [0.3, 0.4) is 0 Å². The Labute approximate surface area is 126 Å². The molecule has 20 heavy (non-hydrogen) atoms. The van der Waals surface area contributed by atoms with Crippen LogP contribution in [0.1, 0.15) is 5.56 Å². The van der Waals surface area contributed by atoms with Gasteiger partial charge < -0.3 is 0 Å². The highest BCUT2D eigenvalue weighted by atomic mass is 79.9. The summed E-state index contributed by atoms with van der Waals surface area (Å²) < 4.78 is 1.20. The van der Waals surface area contributed by atoms with Gasteiger partial charge in [-0.25, -0.2) is 0 Å². The summed E-state index contributed by atoms with van der Waals surface area (Å²) in [6.45, 7) is 2.19. The van der Waals surface area contributed by atoms with Gasteiger partial charge in [-0.2, -0.15) is 0 Å². The second kappa shape index (κ2) is 4.32. The summed E-state index contributed by atoms with van der Waals surface area (Å²) >= 11 is 3.77. The van der Waals surface area contributed by atoms with E-state index in [0.717, 1.165) is 0 Å². The van der Waals surface area contributed by atoms with Crippen LogP contribution in [0, 0.1) is 6.92 Å². The van der Waals surface area contributed by atoms with Crippen molar-refractivity contribution in [2.45, 2.75) is 6.92 Å². The summed E-state index contributed by atoms with van der Waals surface area (Å²) in [6.07, 6.45) is 0. The molecule has 0 unspecified atom stereocenters. The average Bonchev–Trinajstić information content (AvgIpc) is 2.51. The lowest BCUT2D eigenvalue weighted by Gasteiger charge is -2.13. The predicted octanol–water partition coefficient (Wildman–Crippen LogP) is 6.22. The largest absolute Gasteiger partial charge is 0.0616 e. The van der Waals surface area contributed by atoms with Crippen LogP contribution in [0.25, 0.3) is 32.3 Å². The van der Waals surface area contributed by atoms with Crippen molar-refractivity contribution in [2.75, 3.05) is 0 Å². The molecule has 0 aromatic heterocycles. The maximum absolute atomic E-state index is 3.77. The summed E-state index contributed by atoms with van der Waals surface area (Å²) in [5, 5.41) is 7.92. The summed E-state index contributed by atoms with van der Waals surface area (Å²) in [5.74, 6) is 0. The first-order valence-electron chi connectivity index (χ1n) is 6.75. The highest BCUT2D eigenvalue weighted by Crippen LogP contribution is 2.39. The Morgan fingerprint density at radius 3 is 2.10 bits per heavy atom. The van der Waals surface area contributed by atoms with Crippen LogP contribution >= 0.6 is 15.9 Å². The number of hydrogen-bond acceptors (Lipinski definition) is 0. The molecule has 0 atom stereocenters. The van der Waals surface area contributed by atoms with E-state index in [9.17, 15) is 0 Å². The summed E-state index contributed by atoms with van der Waals surface area (Å²) in [5.41, 5.74) is 1.31. The minimum absolute atomic E-state index is 1.20. The molecule has 0 radical (unpaired) electrons. The van der Waals surface area contributed by atoms with Gasteiger partial charge in [-0.1, -0.05) is 60.7 Å². The third kappa shape index (κ3) is 1.53. The molecule has 0 bridgehead atoms.